The van der Waals surface area contributed by atoms with Crippen LogP contribution >= 0.6 is 7.82 Å². The minimum absolute atomic E-state index is 0.0928. The Morgan fingerprint density at radius 2 is 0.697 bits per heavy atom. The van der Waals surface area contributed by atoms with Crippen LogP contribution in [0.3, 0.4) is 0 Å². The van der Waals surface area contributed by atoms with E-state index in [1.165, 1.54) is 263 Å². The number of hydrogen-bond acceptors (Lipinski definition) is 6. The van der Waals surface area contributed by atoms with E-state index in [1.54, 1.807) is 0 Å². The molecule has 0 radical (unpaired) electrons. The van der Waals surface area contributed by atoms with E-state index in [2.05, 4.69) is 19.2 Å². The van der Waals surface area contributed by atoms with Crippen LogP contribution < -0.4 is 11.1 Å². The summed E-state index contributed by atoms with van der Waals surface area (Å²) in [5.41, 5.74) is 5.41. The molecule has 5 N–H and O–H groups in total. The van der Waals surface area contributed by atoms with E-state index in [1.807, 2.05) is 0 Å². The predicted molar refractivity (Wildman–Crippen MR) is 286 cm³/mol. The van der Waals surface area contributed by atoms with Gasteiger partial charge in [0.05, 0.1) is 25.4 Å². The number of nitrogens with one attached hydrogen (secondary N) is 1. The van der Waals surface area contributed by atoms with Gasteiger partial charge in [-0.25, -0.2) is 4.57 Å². The van der Waals surface area contributed by atoms with E-state index >= 15 is 0 Å². The molecule has 0 aliphatic heterocycles. The number of nitrogens with two attached hydrogens (primary N) is 1. The highest BCUT2D eigenvalue weighted by molar-refractivity contribution is 7.47. The maximum Gasteiger partial charge on any atom is 0.472 e. The third-order valence-corrected chi connectivity index (χ3v) is 14.9. The number of hydrogen-bond donors (Lipinski definition) is 4. The minimum Gasteiger partial charge on any atom is -0.391 e. The number of unbranched alkanes of at least 4 members (excludes halogenated alkanes) is 45. The summed E-state index contributed by atoms with van der Waals surface area (Å²) in [6, 6.07) is -0.769. The van der Waals surface area contributed by atoms with Crippen LogP contribution in [0.1, 0.15) is 328 Å². The molecule has 0 heterocycles. The van der Waals surface area contributed by atoms with Crippen molar-refractivity contribution < 1.29 is 28.4 Å². The van der Waals surface area contributed by atoms with Crippen LogP contribution in [-0.2, 0) is 18.4 Å². The number of phosphoric ester groups is 1. The lowest BCUT2D eigenvalue weighted by atomic mass is 10.0. The summed E-state index contributed by atoms with van der Waals surface area (Å²) in [6.07, 6.45) is 63.1. The molecule has 396 valence electrons. The van der Waals surface area contributed by atoms with Gasteiger partial charge in [0.1, 0.15) is 0 Å². The normalized spacial score (nSPS) is 13.6. The Bertz CT molecular complexity index is 1000. The summed E-state index contributed by atoms with van der Waals surface area (Å²) in [6.45, 7) is 4.26. The highest BCUT2D eigenvalue weighted by Gasteiger charge is 2.27. The molecule has 0 bridgehead atoms. The van der Waals surface area contributed by atoms with E-state index < -0.39 is 20.0 Å². The molecular weight excluding hydrogens is 840 g/mol. The molecular formula is C57H117N2O6P. The van der Waals surface area contributed by atoms with Crippen molar-refractivity contribution in [3.05, 3.63) is 0 Å². The van der Waals surface area contributed by atoms with Gasteiger partial charge in [0.25, 0.3) is 0 Å². The number of aliphatic hydroxyl groups is 1. The first-order chi connectivity index (χ1) is 32.4. The van der Waals surface area contributed by atoms with E-state index in [0.29, 0.717) is 12.8 Å². The van der Waals surface area contributed by atoms with Gasteiger partial charge in [-0.05, 0) is 12.8 Å². The van der Waals surface area contributed by atoms with Gasteiger partial charge in [0, 0.05) is 13.0 Å². The number of phosphoric acid groups is 1. The zero-order valence-corrected chi connectivity index (χ0v) is 45.4. The van der Waals surface area contributed by atoms with Crippen molar-refractivity contribution in [1.29, 1.82) is 0 Å². The van der Waals surface area contributed by atoms with E-state index in [9.17, 15) is 19.4 Å². The van der Waals surface area contributed by atoms with Crippen LogP contribution in [0.25, 0.3) is 0 Å². The van der Waals surface area contributed by atoms with Gasteiger partial charge < -0.3 is 21.1 Å². The zero-order chi connectivity index (χ0) is 48.1. The molecule has 0 aromatic carbocycles. The molecule has 1 unspecified atom stereocenters. The predicted octanol–water partition coefficient (Wildman–Crippen LogP) is 18.1. The molecule has 8 nitrogen and oxygen atoms in total. The van der Waals surface area contributed by atoms with Gasteiger partial charge in [-0.3, -0.25) is 13.8 Å². The van der Waals surface area contributed by atoms with Gasteiger partial charge >= 0.3 is 7.82 Å². The fourth-order valence-corrected chi connectivity index (χ4v) is 10.3. The van der Waals surface area contributed by atoms with Crippen LogP contribution in [0.15, 0.2) is 0 Å². The SMILES string of the molecule is CCCCCCCCCCCCCCCCCCCCCCCCCCCCCCCCCCCC(=O)N[C@@H](COP(=O)(O)OCCN)[C@H](O)CCCCCCCCCCCCCCCC. The van der Waals surface area contributed by atoms with Crippen LogP contribution in [-0.4, -0.2) is 47.8 Å². The van der Waals surface area contributed by atoms with Crippen LogP contribution in [0.2, 0.25) is 0 Å². The summed E-state index contributed by atoms with van der Waals surface area (Å²) in [7, 11) is -4.32. The molecule has 0 saturated heterocycles. The average molecular weight is 958 g/mol. The van der Waals surface area contributed by atoms with Gasteiger partial charge in [0.15, 0.2) is 0 Å². The largest absolute Gasteiger partial charge is 0.472 e. The lowest BCUT2D eigenvalue weighted by Crippen LogP contribution is -2.46. The number of amides is 1. The molecule has 0 aliphatic carbocycles. The van der Waals surface area contributed by atoms with Gasteiger partial charge in [-0.1, -0.05) is 309 Å². The first kappa shape index (κ1) is 65.5. The molecule has 0 aliphatic rings. The maximum absolute atomic E-state index is 12.9. The third-order valence-electron chi connectivity index (χ3n) is 14.0. The second kappa shape index (κ2) is 53.8. The van der Waals surface area contributed by atoms with Gasteiger partial charge in [-0.2, -0.15) is 0 Å². The fourth-order valence-electron chi connectivity index (χ4n) is 9.50. The first-order valence-corrected chi connectivity index (χ1v) is 31.1. The van der Waals surface area contributed by atoms with Crippen LogP contribution in [0.4, 0.5) is 0 Å². The summed E-state index contributed by atoms with van der Waals surface area (Å²) in [4.78, 5) is 22.9. The Balaban J connectivity index is 3.77. The molecule has 3 atom stereocenters. The van der Waals surface area contributed by atoms with Gasteiger partial charge in [0.2, 0.25) is 5.91 Å². The van der Waals surface area contributed by atoms with Crippen molar-refractivity contribution in [1.82, 2.24) is 5.32 Å². The molecule has 1 amide bonds. The maximum atomic E-state index is 12.9. The Kier molecular flexibility index (Phi) is 53.4. The Morgan fingerprint density at radius 3 is 0.970 bits per heavy atom. The van der Waals surface area contributed by atoms with Crippen molar-refractivity contribution in [2.24, 2.45) is 5.73 Å². The monoisotopic (exact) mass is 957 g/mol. The molecule has 0 rings (SSSR count). The lowest BCUT2D eigenvalue weighted by molar-refractivity contribution is -0.123. The number of carbonyl (C=O) groups excluding carboxylic acids is 1. The topological polar surface area (TPSA) is 131 Å². The molecule has 0 spiro atoms. The number of aliphatic hydroxyl groups excluding tert-OH is 1. The minimum atomic E-state index is -4.32. The number of rotatable bonds is 57. The van der Waals surface area contributed by atoms with E-state index in [4.69, 9.17) is 14.8 Å². The summed E-state index contributed by atoms with van der Waals surface area (Å²) >= 11 is 0. The van der Waals surface area contributed by atoms with Crippen molar-refractivity contribution in [3.8, 4) is 0 Å². The molecule has 0 aromatic heterocycles. The molecule has 9 heteroatoms. The fraction of sp³-hybridized carbons (Fsp3) is 0.982. The Morgan fingerprint density at radius 1 is 0.439 bits per heavy atom. The van der Waals surface area contributed by atoms with Crippen molar-refractivity contribution in [2.75, 3.05) is 19.8 Å². The van der Waals surface area contributed by atoms with E-state index in [-0.39, 0.29) is 25.7 Å². The second-order valence-electron chi connectivity index (χ2n) is 20.6. The van der Waals surface area contributed by atoms with Crippen molar-refractivity contribution in [3.63, 3.8) is 0 Å². The van der Waals surface area contributed by atoms with Crippen molar-refractivity contribution in [2.45, 2.75) is 341 Å². The molecule has 66 heavy (non-hydrogen) atoms. The van der Waals surface area contributed by atoms with Crippen LogP contribution in [0, 0.1) is 0 Å². The Hall–Kier alpha value is -0.500. The second-order valence-corrected chi connectivity index (χ2v) is 22.0. The molecule has 0 saturated carbocycles. The van der Waals surface area contributed by atoms with E-state index in [0.717, 1.165) is 38.5 Å². The average Bonchev–Trinajstić information content (AvgIpc) is 3.31. The zero-order valence-electron chi connectivity index (χ0n) is 44.5. The highest BCUT2D eigenvalue weighted by atomic mass is 31.2. The Labute approximate surface area is 412 Å². The summed E-state index contributed by atoms with van der Waals surface area (Å²) in [5.74, 6) is -0.153. The quantitative estimate of drug-likeness (QED) is 0.0353. The molecule has 0 aromatic rings. The standard InChI is InChI=1S/C57H117N2O6P/c1-3-5-7-9-11-13-15-17-19-20-21-22-23-24-25-26-27-28-29-30-31-32-33-34-35-36-37-39-41-43-45-47-49-51-57(61)59-55(54-65-66(62,63)64-53-52-58)56(60)50-48-46-44-42-40-38-18-16-14-12-10-8-6-4-2/h55-56,60H,3-54,58H2,1-2H3,(H,59,61)(H,62,63)/t55-,56+/m0/s1. The third kappa shape index (κ3) is 51.4. The lowest BCUT2D eigenvalue weighted by Gasteiger charge is -2.25. The summed E-state index contributed by atoms with van der Waals surface area (Å²) < 4.78 is 22.3. The van der Waals surface area contributed by atoms with Crippen molar-refractivity contribution >= 4 is 13.7 Å². The highest BCUT2D eigenvalue weighted by Crippen LogP contribution is 2.43. The smallest absolute Gasteiger partial charge is 0.391 e. The molecule has 0 fully saturated rings. The summed E-state index contributed by atoms with van der Waals surface area (Å²) in [5, 5.41) is 13.9. The number of carbonyl (C=O) groups is 1. The van der Waals surface area contributed by atoms with Crippen LogP contribution in [0.5, 0.6) is 0 Å². The van der Waals surface area contributed by atoms with Gasteiger partial charge in [-0.15, -0.1) is 0 Å². The first-order valence-electron chi connectivity index (χ1n) is 29.7.